The molecule has 0 spiro atoms. The molecular weight excluding hydrogens is 340 g/mol. The van der Waals surface area contributed by atoms with Crippen molar-refractivity contribution in [2.45, 2.75) is 37.8 Å². The number of ether oxygens (including phenoxy) is 1. The fourth-order valence-corrected chi connectivity index (χ4v) is 4.49. The highest BCUT2D eigenvalue weighted by Crippen LogP contribution is 2.37. The van der Waals surface area contributed by atoms with Crippen LogP contribution in [0.25, 0.3) is 0 Å². The van der Waals surface area contributed by atoms with Crippen LogP contribution in [0.3, 0.4) is 0 Å². The van der Waals surface area contributed by atoms with Crippen molar-refractivity contribution in [2.24, 2.45) is 5.41 Å². The van der Waals surface area contributed by atoms with Crippen molar-refractivity contribution in [1.82, 2.24) is 9.97 Å². The molecule has 1 aromatic heterocycles. The maximum absolute atomic E-state index is 11.6. The number of thioether (sulfide) groups is 1. The highest BCUT2D eigenvalue weighted by Gasteiger charge is 2.31. The van der Waals surface area contributed by atoms with Crippen LogP contribution in [-0.2, 0) is 11.2 Å². The molecule has 0 bridgehead atoms. The van der Waals surface area contributed by atoms with E-state index in [2.05, 4.69) is 32.8 Å². The van der Waals surface area contributed by atoms with Gasteiger partial charge in [0.1, 0.15) is 0 Å². The van der Waals surface area contributed by atoms with Crippen molar-refractivity contribution in [3.63, 3.8) is 0 Å². The minimum Gasteiger partial charge on any atom is -0.381 e. The molecule has 0 amide bonds. The van der Waals surface area contributed by atoms with Gasteiger partial charge in [0.05, 0.1) is 0 Å². The summed E-state index contributed by atoms with van der Waals surface area (Å²) in [5.74, 6) is 0.958. The smallest absolute Gasteiger partial charge is 0.251 e. The van der Waals surface area contributed by atoms with E-state index in [0.29, 0.717) is 0 Å². The average Bonchev–Trinajstić information content (AvgIpc) is 2.46. The predicted molar refractivity (Wildman–Crippen MR) is 85.9 cm³/mol. The molecule has 20 heavy (non-hydrogen) atoms. The largest absolute Gasteiger partial charge is 0.381 e. The lowest BCUT2D eigenvalue weighted by Gasteiger charge is -2.35. The minimum atomic E-state index is -0.0502. The maximum Gasteiger partial charge on any atom is 0.251 e. The third-order valence-corrected chi connectivity index (χ3v) is 6.04. The van der Waals surface area contributed by atoms with Gasteiger partial charge in [-0.25, -0.2) is 4.98 Å². The van der Waals surface area contributed by atoms with Gasteiger partial charge in [0.2, 0.25) is 0 Å². The van der Waals surface area contributed by atoms with Gasteiger partial charge in [-0.2, -0.15) is 0 Å². The highest BCUT2D eigenvalue weighted by molar-refractivity contribution is 9.09. The Balaban J connectivity index is 2.03. The summed E-state index contributed by atoms with van der Waals surface area (Å²) in [5.41, 5.74) is 1.09. The van der Waals surface area contributed by atoms with Crippen LogP contribution in [0.1, 0.15) is 31.9 Å². The van der Waals surface area contributed by atoms with Crippen LogP contribution in [-0.4, -0.2) is 34.3 Å². The Bertz CT molecular complexity index is 486. The van der Waals surface area contributed by atoms with Gasteiger partial charge in [0, 0.05) is 36.1 Å². The van der Waals surface area contributed by atoms with Gasteiger partial charge in [0.25, 0.3) is 5.56 Å². The molecule has 0 atom stereocenters. The van der Waals surface area contributed by atoms with Crippen molar-refractivity contribution >= 4 is 27.7 Å². The lowest BCUT2D eigenvalue weighted by atomic mass is 9.85. The zero-order valence-electron chi connectivity index (χ0n) is 11.8. The predicted octanol–water partition coefficient (Wildman–Crippen LogP) is 3.01. The fourth-order valence-electron chi connectivity index (χ4n) is 2.28. The number of hydrogen-bond acceptors (Lipinski definition) is 4. The van der Waals surface area contributed by atoms with Gasteiger partial charge in [0.15, 0.2) is 5.16 Å². The normalized spacial score (nSPS) is 18.1. The molecule has 1 aliphatic rings. The summed E-state index contributed by atoms with van der Waals surface area (Å²) in [5, 5.41) is 1.71. The Morgan fingerprint density at radius 3 is 2.90 bits per heavy atom. The number of halogens is 1. The first-order chi connectivity index (χ1) is 9.67. The summed E-state index contributed by atoms with van der Waals surface area (Å²) in [4.78, 5) is 19.0. The van der Waals surface area contributed by atoms with Crippen molar-refractivity contribution < 1.29 is 4.74 Å². The van der Waals surface area contributed by atoms with Crippen LogP contribution >= 0.6 is 27.7 Å². The van der Waals surface area contributed by atoms with Crippen LogP contribution in [0.4, 0.5) is 0 Å². The number of aromatic amines is 1. The summed E-state index contributed by atoms with van der Waals surface area (Å²) < 4.78 is 5.45. The Morgan fingerprint density at radius 2 is 2.25 bits per heavy atom. The molecule has 6 heteroatoms. The summed E-state index contributed by atoms with van der Waals surface area (Å²) in [6.07, 6.45) is 3.98. The average molecular weight is 361 g/mol. The lowest BCUT2D eigenvalue weighted by Crippen LogP contribution is -2.33. The van der Waals surface area contributed by atoms with Crippen molar-refractivity contribution in [3.05, 3.63) is 22.1 Å². The zero-order chi connectivity index (χ0) is 14.4. The fraction of sp³-hybridized carbons (Fsp3) is 0.714. The second kappa shape index (κ2) is 7.61. The SMILES string of the molecule is CCCc1cc(=O)[nH]c(SCC2(CBr)CCOCC2)n1. The zero-order valence-corrected chi connectivity index (χ0v) is 14.2. The summed E-state index contributed by atoms with van der Waals surface area (Å²) >= 11 is 5.29. The lowest BCUT2D eigenvalue weighted by molar-refractivity contribution is 0.0374. The van der Waals surface area contributed by atoms with Gasteiger partial charge in [-0.05, 0) is 24.7 Å². The third kappa shape index (κ3) is 4.33. The molecule has 1 fully saturated rings. The molecule has 1 aliphatic heterocycles. The first-order valence-electron chi connectivity index (χ1n) is 7.04. The van der Waals surface area contributed by atoms with E-state index in [1.54, 1.807) is 17.8 Å². The van der Waals surface area contributed by atoms with Gasteiger partial charge < -0.3 is 9.72 Å². The molecule has 0 unspecified atom stereocenters. The number of hydrogen-bond donors (Lipinski definition) is 1. The standard InChI is InChI=1S/C14H21BrN2O2S/c1-2-3-11-8-12(18)17-13(16-11)20-10-14(9-15)4-6-19-7-5-14/h8H,2-7,9-10H2,1H3,(H,16,17,18). The van der Waals surface area contributed by atoms with Crippen LogP contribution in [0.2, 0.25) is 0 Å². The molecule has 0 aromatic carbocycles. The van der Waals surface area contributed by atoms with E-state index in [1.165, 1.54) is 0 Å². The van der Waals surface area contributed by atoms with E-state index in [9.17, 15) is 4.79 Å². The van der Waals surface area contributed by atoms with E-state index in [0.717, 1.165) is 60.8 Å². The molecule has 2 rings (SSSR count). The van der Waals surface area contributed by atoms with Gasteiger partial charge >= 0.3 is 0 Å². The number of aryl methyl sites for hydroxylation is 1. The molecule has 1 N–H and O–H groups in total. The Morgan fingerprint density at radius 1 is 1.50 bits per heavy atom. The summed E-state index contributed by atoms with van der Waals surface area (Å²) in [6, 6.07) is 1.60. The van der Waals surface area contributed by atoms with Crippen molar-refractivity contribution in [1.29, 1.82) is 0 Å². The quantitative estimate of drug-likeness (QED) is 0.481. The second-order valence-electron chi connectivity index (χ2n) is 5.33. The van der Waals surface area contributed by atoms with Crippen LogP contribution in [0.15, 0.2) is 16.0 Å². The number of rotatable bonds is 6. The number of aromatic nitrogens is 2. The van der Waals surface area contributed by atoms with Crippen LogP contribution in [0, 0.1) is 5.41 Å². The van der Waals surface area contributed by atoms with Gasteiger partial charge in [-0.3, -0.25) is 4.79 Å². The topological polar surface area (TPSA) is 55.0 Å². The number of alkyl halides is 1. The summed E-state index contributed by atoms with van der Waals surface area (Å²) in [6.45, 7) is 3.75. The Labute approximate surface area is 132 Å². The van der Waals surface area contributed by atoms with E-state index in [1.807, 2.05) is 0 Å². The molecule has 1 aromatic rings. The van der Waals surface area contributed by atoms with E-state index in [4.69, 9.17) is 4.74 Å². The van der Waals surface area contributed by atoms with Crippen molar-refractivity contribution in [2.75, 3.05) is 24.3 Å². The van der Waals surface area contributed by atoms with Gasteiger partial charge in [-0.1, -0.05) is 41.0 Å². The molecule has 112 valence electrons. The minimum absolute atomic E-state index is 0.0502. The molecule has 1 saturated heterocycles. The highest BCUT2D eigenvalue weighted by atomic mass is 79.9. The first kappa shape index (κ1) is 16.0. The third-order valence-electron chi connectivity index (χ3n) is 3.63. The second-order valence-corrected chi connectivity index (χ2v) is 6.85. The number of nitrogens with one attached hydrogen (secondary N) is 1. The maximum atomic E-state index is 11.6. The number of nitrogens with zero attached hydrogens (tertiary/aromatic N) is 1. The van der Waals surface area contributed by atoms with E-state index >= 15 is 0 Å². The van der Waals surface area contributed by atoms with Crippen molar-refractivity contribution in [3.8, 4) is 0 Å². The van der Waals surface area contributed by atoms with E-state index in [-0.39, 0.29) is 11.0 Å². The molecule has 2 heterocycles. The summed E-state index contributed by atoms with van der Waals surface area (Å²) in [7, 11) is 0. The Kier molecular flexibility index (Phi) is 6.11. The monoisotopic (exact) mass is 360 g/mol. The first-order valence-corrected chi connectivity index (χ1v) is 9.15. The van der Waals surface area contributed by atoms with E-state index < -0.39 is 0 Å². The molecule has 0 aliphatic carbocycles. The molecular formula is C14H21BrN2O2S. The molecule has 0 saturated carbocycles. The molecule has 4 nitrogen and oxygen atoms in total. The van der Waals surface area contributed by atoms with Gasteiger partial charge in [-0.15, -0.1) is 0 Å². The Hall–Kier alpha value is -0.330. The molecule has 0 radical (unpaired) electrons. The van der Waals surface area contributed by atoms with Crippen LogP contribution < -0.4 is 5.56 Å². The number of H-pyrrole nitrogens is 1. The van der Waals surface area contributed by atoms with Crippen LogP contribution in [0.5, 0.6) is 0 Å².